The van der Waals surface area contributed by atoms with Crippen LogP contribution < -0.4 is 0 Å². The minimum atomic E-state index is -1.53. The minimum Gasteiger partial charge on any atom is -0.416 e. The lowest BCUT2D eigenvalue weighted by Gasteiger charge is -2.38. The van der Waals surface area contributed by atoms with E-state index in [1.54, 1.807) is 6.20 Å². The van der Waals surface area contributed by atoms with Crippen molar-refractivity contribution in [2.75, 3.05) is 6.61 Å². The normalized spacial score (nSPS) is 28.4. The standard InChI is InChI=1S/C16H17N5O6/c22-7-10-11(23)12(24)13(25)14(26-10)16-19-18-15(27-16)9-6-21(20-17-9)8-4-2-1-3-5-8/h1-6,10-14,22-25H,7H2/t10-,11-,12+,13-,14-/m1/s1. The third-order valence-electron chi connectivity index (χ3n) is 4.31. The van der Waals surface area contributed by atoms with Gasteiger partial charge in [-0.3, -0.25) is 0 Å². The molecule has 3 heterocycles. The van der Waals surface area contributed by atoms with Crippen LogP contribution in [0, 0.1) is 0 Å². The predicted octanol–water partition coefficient (Wildman–Crippen LogP) is -1.17. The van der Waals surface area contributed by atoms with Gasteiger partial charge in [0.05, 0.1) is 18.5 Å². The monoisotopic (exact) mass is 375 g/mol. The van der Waals surface area contributed by atoms with Crippen LogP contribution in [0.1, 0.15) is 12.0 Å². The van der Waals surface area contributed by atoms with Crippen LogP contribution in [-0.4, -0.2) is 76.6 Å². The molecule has 27 heavy (non-hydrogen) atoms. The molecule has 1 aliphatic rings. The van der Waals surface area contributed by atoms with Crippen LogP contribution in [0.3, 0.4) is 0 Å². The Kier molecular flexibility index (Phi) is 4.68. The second kappa shape index (κ2) is 7.13. The number of para-hydroxylation sites is 1. The van der Waals surface area contributed by atoms with E-state index in [9.17, 15) is 20.4 Å². The number of ether oxygens (including phenoxy) is 1. The third kappa shape index (κ3) is 3.22. The van der Waals surface area contributed by atoms with Crippen molar-refractivity contribution in [1.29, 1.82) is 0 Å². The van der Waals surface area contributed by atoms with Gasteiger partial charge in [-0.15, -0.1) is 15.3 Å². The summed E-state index contributed by atoms with van der Waals surface area (Å²) in [4.78, 5) is 0. The van der Waals surface area contributed by atoms with Crippen LogP contribution in [0.2, 0.25) is 0 Å². The lowest BCUT2D eigenvalue weighted by molar-refractivity contribution is -0.236. The summed E-state index contributed by atoms with van der Waals surface area (Å²) in [7, 11) is 0. The Morgan fingerprint density at radius 3 is 2.48 bits per heavy atom. The number of aromatic nitrogens is 5. The predicted molar refractivity (Wildman–Crippen MR) is 87.4 cm³/mol. The fourth-order valence-electron chi connectivity index (χ4n) is 2.83. The average molecular weight is 375 g/mol. The van der Waals surface area contributed by atoms with Gasteiger partial charge in [-0.05, 0) is 12.1 Å². The molecule has 11 nitrogen and oxygen atoms in total. The maximum Gasteiger partial charge on any atom is 0.269 e. The van der Waals surface area contributed by atoms with Gasteiger partial charge in [0.15, 0.2) is 11.8 Å². The summed E-state index contributed by atoms with van der Waals surface area (Å²) >= 11 is 0. The van der Waals surface area contributed by atoms with Crippen LogP contribution >= 0.6 is 0 Å². The molecule has 2 aromatic heterocycles. The van der Waals surface area contributed by atoms with Crippen LogP contribution in [0.4, 0.5) is 0 Å². The van der Waals surface area contributed by atoms with Gasteiger partial charge >= 0.3 is 0 Å². The van der Waals surface area contributed by atoms with Crippen molar-refractivity contribution in [2.24, 2.45) is 0 Å². The van der Waals surface area contributed by atoms with Crippen molar-refractivity contribution < 1.29 is 29.6 Å². The number of aliphatic hydroxyl groups is 4. The van der Waals surface area contributed by atoms with Crippen molar-refractivity contribution in [1.82, 2.24) is 25.2 Å². The van der Waals surface area contributed by atoms with Crippen molar-refractivity contribution in [3.8, 4) is 17.3 Å². The Balaban J connectivity index is 1.58. The third-order valence-corrected chi connectivity index (χ3v) is 4.31. The number of benzene rings is 1. The Hall–Kier alpha value is -2.70. The molecule has 0 saturated carbocycles. The zero-order valence-electron chi connectivity index (χ0n) is 13.9. The van der Waals surface area contributed by atoms with Gasteiger partial charge in [0, 0.05) is 0 Å². The molecule has 0 aliphatic carbocycles. The number of hydrogen-bond acceptors (Lipinski definition) is 10. The molecule has 0 unspecified atom stereocenters. The Morgan fingerprint density at radius 1 is 0.963 bits per heavy atom. The molecule has 4 N–H and O–H groups in total. The van der Waals surface area contributed by atoms with Crippen molar-refractivity contribution in [3.05, 3.63) is 42.4 Å². The Bertz CT molecular complexity index is 898. The Labute approximate surface area is 152 Å². The molecule has 3 aromatic rings. The van der Waals surface area contributed by atoms with E-state index < -0.39 is 37.1 Å². The lowest BCUT2D eigenvalue weighted by Crippen LogP contribution is -2.55. The number of nitrogens with zero attached hydrogens (tertiary/aromatic N) is 5. The minimum absolute atomic E-state index is 0.0455. The highest BCUT2D eigenvalue weighted by Gasteiger charge is 2.46. The quantitative estimate of drug-likeness (QED) is 0.437. The van der Waals surface area contributed by atoms with Crippen LogP contribution in [0.25, 0.3) is 17.3 Å². The molecular formula is C16H17N5O6. The first-order chi connectivity index (χ1) is 13.1. The first kappa shape index (κ1) is 17.7. The summed E-state index contributed by atoms with van der Waals surface area (Å²) in [6, 6.07) is 9.31. The van der Waals surface area contributed by atoms with E-state index in [-0.39, 0.29) is 11.8 Å². The van der Waals surface area contributed by atoms with Crippen LogP contribution in [0.15, 0.2) is 40.9 Å². The molecule has 1 aliphatic heterocycles. The molecule has 1 fully saturated rings. The zero-order chi connectivity index (χ0) is 19.0. The molecule has 0 bridgehead atoms. The van der Waals surface area contributed by atoms with Gasteiger partial charge in [-0.1, -0.05) is 23.4 Å². The molecule has 0 amide bonds. The molecule has 1 aromatic carbocycles. The second-order valence-electron chi connectivity index (χ2n) is 6.08. The van der Waals surface area contributed by atoms with Crippen LogP contribution in [0.5, 0.6) is 0 Å². The zero-order valence-corrected chi connectivity index (χ0v) is 13.9. The lowest BCUT2D eigenvalue weighted by atomic mass is 9.95. The maximum atomic E-state index is 10.1. The molecular weight excluding hydrogens is 358 g/mol. The van der Waals surface area contributed by atoms with Gasteiger partial charge < -0.3 is 29.6 Å². The highest BCUT2D eigenvalue weighted by Crippen LogP contribution is 2.32. The fourth-order valence-corrected chi connectivity index (χ4v) is 2.83. The summed E-state index contributed by atoms with van der Waals surface area (Å²) in [5.41, 5.74) is 1.10. The highest BCUT2D eigenvalue weighted by atomic mass is 16.6. The summed E-state index contributed by atoms with van der Waals surface area (Å²) in [5.74, 6) is -0.0692. The topological polar surface area (TPSA) is 160 Å². The second-order valence-corrected chi connectivity index (χ2v) is 6.08. The van der Waals surface area contributed by atoms with E-state index in [2.05, 4.69) is 20.5 Å². The van der Waals surface area contributed by atoms with E-state index in [1.165, 1.54) is 4.68 Å². The fraction of sp³-hybridized carbons (Fsp3) is 0.375. The van der Waals surface area contributed by atoms with E-state index >= 15 is 0 Å². The molecule has 11 heteroatoms. The van der Waals surface area contributed by atoms with E-state index in [0.717, 1.165) is 5.69 Å². The number of aliphatic hydroxyl groups excluding tert-OH is 4. The highest BCUT2D eigenvalue weighted by molar-refractivity contribution is 5.45. The SMILES string of the molecule is OC[C@H]1O[C@@H](c2nnc(-c3cn(-c4ccccc4)nn3)o2)[C@H](O)[C@@H](O)[C@@H]1O. The van der Waals surface area contributed by atoms with Gasteiger partial charge in [0.2, 0.25) is 5.89 Å². The van der Waals surface area contributed by atoms with Gasteiger partial charge in [0.1, 0.15) is 24.4 Å². The van der Waals surface area contributed by atoms with E-state index in [0.29, 0.717) is 5.69 Å². The first-order valence-corrected chi connectivity index (χ1v) is 8.20. The smallest absolute Gasteiger partial charge is 0.269 e. The summed E-state index contributed by atoms with van der Waals surface area (Å²) < 4.78 is 12.4. The van der Waals surface area contributed by atoms with Gasteiger partial charge in [-0.25, -0.2) is 4.68 Å². The maximum absolute atomic E-state index is 10.1. The number of hydrogen-bond donors (Lipinski definition) is 4. The van der Waals surface area contributed by atoms with Gasteiger partial charge in [0.25, 0.3) is 5.89 Å². The van der Waals surface area contributed by atoms with Crippen molar-refractivity contribution in [2.45, 2.75) is 30.5 Å². The molecule has 5 atom stereocenters. The first-order valence-electron chi connectivity index (χ1n) is 8.20. The summed E-state index contributed by atoms with van der Waals surface area (Å²) in [6.45, 7) is -0.548. The summed E-state index contributed by atoms with van der Waals surface area (Å²) in [5, 5.41) is 54.8. The van der Waals surface area contributed by atoms with Crippen LogP contribution in [-0.2, 0) is 4.74 Å². The van der Waals surface area contributed by atoms with Gasteiger partial charge in [-0.2, -0.15) is 0 Å². The van der Waals surface area contributed by atoms with E-state index in [4.69, 9.17) is 9.15 Å². The molecule has 0 radical (unpaired) electrons. The molecule has 142 valence electrons. The molecule has 1 saturated heterocycles. The number of rotatable bonds is 4. The Morgan fingerprint density at radius 2 is 1.74 bits per heavy atom. The van der Waals surface area contributed by atoms with Crippen molar-refractivity contribution >= 4 is 0 Å². The van der Waals surface area contributed by atoms with Crippen molar-refractivity contribution in [3.63, 3.8) is 0 Å². The molecule has 4 rings (SSSR count). The largest absolute Gasteiger partial charge is 0.416 e. The average Bonchev–Trinajstić information content (AvgIpc) is 3.37. The van der Waals surface area contributed by atoms with E-state index in [1.807, 2.05) is 30.3 Å². The molecule has 0 spiro atoms. The summed E-state index contributed by atoms with van der Waals surface area (Å²) in [6.07, 6.45) is -5.17.